The first-order valence-electron chi connectivity index (χ1n) is 9.13. The van der Waals surface area contributed by atoms with E-state index in [0.29, 0.717) is 6.42 Å². The van der Waals surface area contributed by atoms with Crippen LogP contribution in [0.25, 0.3) is 0 Å². The second kappa shape index (κ2) is 12.3. The number of carbonyl (C=O) groups is 4. The van der Waals surface area contributed by atoms with Crippen LogP contribution in [0.1, 0.15) is 34.1 Å². The summed E-state index contributed by atoms with van der Waals surface area (Å²) >= 11 is 0. The topological polar surface area (TPSA) is 144 Å². The van der Waals surface area contributed by atoms with Gasteiger partial charge in [0, 0.05) is 40.2 Å². The van der Waals surface area contributed by atoms with E-state index in [0.717, 1.165) is 27.7 Å². The van der Waals surface area contributed by atoms with E-state index in [1.807, 2.05) is 0 Å². The molecular weight excluding hydrogens is 392 g/mol. The van der Waals surface area contributed by atoms with Gasteiger partial charge in [-0.15, -0.1) is 0 Å². The smallest absolute Gasteiger partial charge is 0.303 e. The minimum Gasteiger partial charge on any atom is -0.462 e. The van der Waals surface area contributed by atoms with Gasteiger partial charge < -0.3 is 33.5 Å². The van der Waals surface area contributed by atoms with Crippen molar-refractivity contribution in [1.29, 1.82) is 0 Å². The number of hydrogen-bond acceptors (Lipinski definition) is 11. The van der Waals surface area contributed by atoms with E-state index in [-0.39, 0.29) is 25.7 Å². The van der Waals surface area contributed by atoms with Crippen LogP contribution in [0.5, 0.6) is 0 Å². The van der Waals surface area contributed by atoms with Crippen LogP contribution >= 0.6 is 0 Å². The van der Waals surface area contributed by atoms with Crippen LogP contribution in [0.4, 0.5) is 0 Å². The molecule has 1 heterocycles. The van der Waals surface area contributed by atoms with Crippen LogP contribution in [0.15, 0.2) is 0 Å². The number of hydrogen-bond donors (Lipinski definition) is 1. The summed E-state index contributed by atoms with van der Waals surface area (Å²) in [6.07, 6.45) is -4.60. The monoisotopic (exact) mass is 420 g/mol. The highest BCUT2D eigenvalue weighted by Crippen LogP contribution is 2.24. The Kier molecular flexibility index (Phi) is 10.6. The molecule has 0 radical (unpaired) electrons. The van der Waals surface area contributed by atoms with Gasteiger partial charge in [0.25, 0.3) is 0 Å². The normalized spacial score (nSPS) is 22.0. The fourth-order valence-electron chi connectivity index (χ4n) is 2.72. The first-order valence-corrected chi connectivity index (χ1v) is 9.13. The number of carbonyl (C=O) groups excluding carboxylic acids is 4. The molecule has 3 atom stereocenters. The van der Waals surface area contributed by atoms with Crippen LogP contribution < -0.4 is 0 Å². The SMILES string of the molecule is CC(=O)OC[C@@H](OC(C)=O)[C@@H](OC(C)=O)[C@@H](OC(C)=O)C1OCC(CCO)CO1. The molecule has 0 aromatic heterocycles. The predicted molar refractivity (Wildman–Crippen MR) is 94.2 cm³/mol. The molecule has 0 bridgehead atoms. The standard InChI is InChI=1S/C18H28O11/c1-10(20)24-9-15(27-11(2)21)16(28-12(3)22)17(29-13(4)23)18-25-7-14(5-6-19)8-26-18/h14-19H,5-9H2,1-4H3/t14?,15-,16-,17-,18?/m1/s1. The van der Waals surface area contributed by atoms with Crippen LogP contribution in [-0.4, -0.2) is 80.0 Å². The average molecular weight is 420 g/mol. The van der Waals surface area contributed by atoms with Gasteiger partial charge in [-0.05, 0) is 6.42 Å². The molecule has 0 aliphatic carbocycles. The summed E-state index contributed by atoms with van der Waals surface area (Å²) in [5.74, 6) is -2.90. The fraction of sp³-hybridized carbons (Fsp3) is 0.778. The molecule has 1 aliphatic heterocycles. The highest BCUT2D eigenvalue weighted by Gasteiger charge is 2.45. The zero-order chi connectivity index (χ0) is 22.0. The molecular formula is C18H28O11. The Hall–Kier alpha value is -2.24. The van der Waals surface area contributed by atoms with Crippen LogP contribution in [0.2, 0.25) is 0 Å². The summed E-state index contributed by atoms with van der Waals surface area (Å²) in [5.41, 5.74) is 0. The van der Waals surface area contributed by atoms with Crippen molar-refractivity contribution in [2.75, 3.05) is 26.4 Å². The van der Waals surface area contributed by atoms with Crippen molar-refractivity contribution < 1.29 is 52.7 Å². The lowest BCUT2D eigenvalue weighted by Gasteiger charge is -2.38. The molecule has 0 spiro atoms. The Morgan fingerprint density at radius 3 is 1.90 bits per heavy atom. The van der Waals surface area contributed by atoms with E-state index in [1.165, 1.54) is 0 Å². The Morgan fingerprint density at radius 2 is 1.45 bits per heavy atom. The minimum absolute atomic E-state index is 0.0393. The maximum atomic E-state index is 11.7. The van der Waals surface area contributed by atoms with Gasteiger partial charge in [-0.2, -0.15) is 0 Å². The zero-order valence-electron chi connectivity index (χ0n) is 17.0. The van der Waals surface area contributed by atoms with Crippen molar-refractivity contribution in [2.24, 2.45) is 5.92 Å². The number of rotatable bonds is 10. The van der Waals surface area contributed by atoms with E-state index in [1.54, 1.807) is 0 Å². The lowest BCUT2D eigenvalue weighted by atomic mass is 10.0. The van der Waals surface area contributed by atoms with Gasteiger partial charge in [-0.1, -0.05) is 0 Å². The van der Waals surface area contributed by atoms with Crippen LogP contribution in [0, 0.1) is 5.92 Å². The Bertz CT molecular complexity index is 568. The highest BCUT2D eigenvalue weighted by molar-refractivity contribution is 5.68. The molecule has 0 unspecified atom stereocenters. The maximum Gasteiger partial charge on any atom is 0.303 e. The molecule has 29 heavy (non-hydrogen) atoms. The van der Waals surface area contributed by atoms with Crippen molar-refractivity contribution in [3.8, 4) is 0 Å². The number of esters is 4. The molecule has 11 heteroatoms. The van der Waals surface area contributed by atoms with Gasteiger partial charge in [-0.3, -0.25) is 19.2 Å². The quantitative estimate of drug-likeness (QED) is 0.368. The first-order chi connectivity index (χ1) is 13.6. The molecule has 0 aromatic carbocycles. The minimum atomic E-state index is -1.36. The van der Waals surface area contributed by atoms with E-state index in [9.17, 15) is 19.2 Å². The van der Waals surface area contributed by atoms with Crippen molar-refractivity contribution in [2.45, 2.75) is 58.7 Å². The van der Waals surface area contributed by atoms with Crippen molar-refractivity contribution in [1.82, 2.24) is 0 Å². The number of ether oxygens (including phenoxy) is 6. The number of aliphatic hydroxyl groups is 1. The molecule has 1 aliphatic rings. The third-order valence-corrected chi connectivity index (χ3v) is 3.86. The molecule has 166 valence electrons. The van der Waals surface area contributed by atoms with Gasteiger partial charge >= 0.3 is 23.9 Å². The zero-order valence-corrected chi connectivity index (χ0v) is 17.0. The lowest BCUT2D eigenvalue weighted by molar-refractivity contribution is -0.272. The Balaban J connectivity index is 3.11. The van der Waals surface area contributed by atoms with Crippen LogP contribution in [-0.2, 0) is 47.6 Å². The van der Waals surface area contributed by atoms with E-state index >= 15 is 0 Å². The molecule has 0 saturated carbocycles. The lowest BCUT2D eigenvalue weighted by Crippen LogP contribution is -2.55. The number of aliphatic hydroxyl groups excluding tert-OH is 1. The van der Waals surface area contributed by atoms with Gasteiger partial charge in [0.15, 0.2) is 24.6 Å². The molecule has 0 amide bonds. The van der Waals surface area contributed by atoms with Gasteiger partial charge in [0.05, 0.1) is 13.2 Å². The second-order valence-electron chi connectivity index (χ2n) is 6.51. The van der Waals surface area contributed by atoms with Crippen LogP contribution in [0.3, 0.4) is 0 Å². The summed E-state index contributed by atoms with van der Waals surface area (Å²) in [4.78, 5) is 46.1. The molecule has 0 aromatic rings. The fourth-order valence-corrected chi connectivity index (χ4v) is 2.72. The summed E-state index contributed by atoms with van der Waals surface area (Å²) in [7, 11) is 0. The molecule has 1 saturated heterocycles. The molecule has 1 fully saturated rings. The van der Waals surface area contributed by atoms with Crippen molar-refractivity contribution in [3.63, 3.8) is 0 Å². The largest absolute Gasteiger partial charge is 0.462 e. The van der Waals surface area contributed by atoms with E-state index in [2.05, 4.69) is 0 Å². The molecule has 1 N–H and O–H groups in total. The van der Waals surface area contributed by atoms with Crippen molar-refractivity contribution >= 4 is 23.9 Å². The maximum absolute atomic E-state index is 11.7. The third-order valence-electron chi connectivity index (χ3n) is 3.86. The summed E-state index contributed by atoms with van der Waals surface area (Å²) in [6.45, 7) is 4.47. The Labute approximate surface area is 168 Å². The summed E-state index contributed by atoms with van der Waals surface area (Å²) in [5, 5.41) is 9.03. The van der Waals surface area contributed by atoms with Gasteiger partial charge in [0.1, 0.15) is 6.61 Å². The van der Waals surface area contributed by atoms with Gasteiger partial charge in [0.2, 0.25) is 0 Å². The van der Waals surface area contributed by atoms with Crippen molar-refractivity contribution in [3.05, 3.63) is 0 Å². The second-order valence-corrected chi connectivity index (χ2v) is 6.51. The predicted octanol–water partition coefficient (Wildman–Crippen LogP) is -0.284. The van der Waals surface area contributed by atoms with Gasteiger partial charge in [-0.25, -0.2) is 0 Å². The molecule has 1 rings (SSSR count). The summed E-state index contributed by atoms with van der Waals surface area (Å²) < 4.78 is 31.8. The van der Waals surface area contributed by atoms with E-state index < -0.39 is 55.1 Å². The summed E-state index contributed by atoms with van der Waals surface area (Å²) in [6, 6.07) is 0. The highest BCUT2D eigenvalue weighted by atomic mass is 16.7. The van der Waals surface area contributed by atoms with E-state index in [4.69, 9.17) is 33.5 Å². The first kappa shape index (κ1) is 24.8. The average Bonchev–Trinajstić information content (AvgIpc) is 2.62. The molecule has 11 nitrogen and oxygen atoms in total. The Morgan fingerprint density at radius 1 is 0.897 bits per heavy atom. The third kappa shape index (κ3) is 9.20.